The number of primary amides is 1. The number of carbonyl (C=O) groups is 1. The van der Waals surface area contributed by atoms with Crippen LogP contribution in [-0.4, -0.2) is 11.0 Å². The third-order valence-electron chi connectivity index (χ3n) is 0.992. The molecule has 0 saturated heterocycles. The molecule has 0 bridgehead atoms. The molecule has 9 heavy (non-hydrogen) atoms. The Balaban J connectivity index is 2.83. The second-order valence-corrected chi connectivity index (χ2v) is 2.97. The Morgan fingerprint density at radius 1 is 1.56 bits per heavy atom. The van der Waals surface area contributed by atoms with Gasteiger partial charge < -0.3 is 5.73 Å². The molecule has 2 N–H and O–H groups in total. The molecule has 54 valence electrons. The number of thioether (sulfide) groups is 1. The van der Waals surface area contributed by atoms with Crippen molar-refractivity contribution in [3.8, 4) is 0 Å². The number of nitrogens with two attached hydrogens (primary N) is 1. The van der Waals surface area contributed by atoms with Crippen LogP contribution in [0, 0.1) is 0 Å². The maximum Gasteiger partial charge on any atom is 0.276 e. The van der Waals surface area contributed by atoms with E-state index < -0.39 is 0 Å². The van der Waals surface area contributed by atoms with Crippen molar-refractivity contribution in [2.75, 3.05) is 5.75 Å². The van der Waals surface area contributed by atoms with Crippen LogP contribution < -0.4 is 5.73 Å². The summed E-state index contributed by atoms with van der Waals surface area (Å²) in [6.07, 6.45) is 3.49. The minimum Gasteiger partial charge on any atom is -0.361 e. The van der Waals surface area contributed by atoms with Crippen molar-refractivity contribution in [2.45, 2.75) is 26.2 Å². The highest BCUT2D eigenvalue weighted by atomic mass is 32.2. The highest BCUT2D eigenvalue weighted by Gasteiger charge is 1.92. The zero-order chi connectivity index (χ0) is 7.11. The second kappa shape index (κ2) is 5.95. The summed E-state index contributed by atoms with van der Waals surface area (Å²) in [5.74, 6) is 0.878. The quantitative estimate of drug-likeness (QED) is 0.618. The average Bonchev–Trinajstić information content (AvgIpc) is 1.80. The first kappa shape index (κ1) is 8.82. The molecule has 0 unspecified atom stereocenters. The number of hydrogen-bond acceptors (Lipinski definition) is 2. The van der Waals surface area contributed by atoms with Crippen molar-refractivity contribution < 1.29 is 4.79 Å². The van der Waals surface area contributed by atoms with Crippen LogP contribution in [0.1, 0.15) is 26.2 Å². The summed E-state index contributed by atoms with van der Waals surface area (Å²) in [6.45, 7) is 2.13. The Hall–Kier alpha value is -0.180. The molecule has 0 aliphatic heterocycles. The van der Waals surface area contributed by atoms with Gasteiger partial charge in [0.15, 0.2) is 0 Å². The van der Waals surface area contributed by atoms with Crippen molar-refractivity contribution in [3.63, 3.8) is 0 Å². The topological polar surface area (TPSA) is 43.1 Å². The van der Waals surface area contributed by atoms with Crippen LogP contribution in [-0.2, 0) is 0 Å². The third-order valence-corrected chi connectivity index (χ3v) is 1.77. The van der Waals surface area contributed by atoms with Gasteiger partial charge in [-0.2, -0.15) is 0 Å². The average molecular weight is 147 g/mol. The molecule has 1 amide bonds. The van der Waals surface area contributed by atoms with E-state index in [0.29, 0.717) is 0 Å². The summed E-state index contributed by atoms with van der Waals surface area (Å²) < 4.78 is 0. The van der Waals surface area contributed by atoms with Crippen LogP contribution in [0.3, 0.4) is 0 Å². The summed E-state index contributed by atoms with van der Waals surface area (Å²) in [6, 6.07) is 0. The predicted octanol–water partition coefficient (Wildman–Crippen LogP) is 1.99. The molecule has 0 atom stereocenters. The summed E-state index contributed by atoms with van der Waals surface area (Å²) in [7, 11) is 0. The fourth-order valence-electron chi connectivity index (χ4n) is 0.525. The van der Waals surface area contributed by atoms with Gasteiger partial charge >= 0.3 is 0 Å². The Morgan fingerprint density at radius 3 is 2.67 bits per heavy atom. The molecule has 0 fully saturated rings. The van der Waals surface area contributed by atoms with Crippen molar-refractivity contribution in [1.82, 2.24) is 0 Å². The van der Waals surface area contributed by atoms with Gasteiger partial charge in [-0.15, -0.1) is 0 Å². The third kappa shape index (κ3) is 7.82. The Morgan fingerprint density at radius 2 is 2.22 bits per heavy atom. The van der Waals surface area contributed by atoms with Gasteiger partial charge in [0.1, 0.15) is 0 Å². The van der Waals surface area contributed by atoms with E-state index in [0.717, 1.165) is 12.2 Å². The molecule has 0 heterocycles. The lowest BCUT2D eigenvalue weighted by Crippen LogP contribution is -2.02. The van der Waals surface area contributed by atoms with Crippen molar-refractivity contribution >= 4 is 17.0 Å². The maximum absolute atomic E-state index is 10.1. The fourth-order valence-corrected chi connectivity index (χ4v) is 1.07. The van der Waals surface area contributed by atoms with Gasteiger partial charge in [-0.25, -0.2) is 0 Å². The Bertz CT molecular complexity index is 85.1. The molecule has 0 rings (SSSR count). The van der Waals surface area contributed by atoms with E-state index in [2.05, 4.69) is 6.92 Å². The first-order valence-corrected chi connectivity index (χ1v) is 4.18. The fraction of sp³-hybridized carbons (Fsp3) is 0.833. The zero-order valence-electron chi connectivity index (χ0n) is 5.72. The highest BCUT2D eigenvalue weighted by Crippen LogP contribution is 2.04. The van der Waals surface area contributed by atoms with Crippen molar-refractivity contribution in [2.24, 2.45) is 5.73 Å². The number of hydrogen-bond donors (Lipinski definition) is 1. The van der Waals surface area contributed by atoms with E-state index in [1.165, 1.54) is 24.6 Å². The van der Waals surface area contributed by atoms with Gasteiger partial charge in [-0.05, 0) is 6.42 Å². The molecular weight excluding hydrogens is 134 g/mol. The van der Waals surface area contributed by atoms with Crippen LogP contribution in [0.15, 0.2) is 0 Å². The molecule has 0 aliphatic carbocycles. The predicted molar refractivity (Wildman–Crippen MR) is 41.6 cm³/mol. The summed E-state index contributed by atoms with van der Waals surface area (Å²) in [4.78, 5) is 10.1. The smallest absolute Gasteiger partial charge is 0.276 e. The Labute approximate surface area is 60.2 Å². The molecule has 0 aliphatic rings. The minimum atomic E-state index is -0.258. The molecule has 3 heteroatoms. The van der Waals surface area contributed by atoms with E-state index in [9.17, 15) is 4.79 Å². The number of unbranched alkanes of at least 4 members (excludes halogenated alkanes) is 2. The van der Waals surface area contributed by atoms with Crippen molar-refractivity contribution in [1.29, 1.82) is 0 Å². The van der Waals surface area contributed by atoms with Gasteiger partial charge in [0, 0.05) is 5.75 Å². The summed E-state index contributed by atoms with van der Waals surface area (Å²) >= 11 is 1.21. The largest absolute Gasteiger partial charge is 0.361 e. The zero-order valence-corrected chi connectivity index (χ0v) is 6.54. The molecule has 0 saturated carbocycles. The normalized spacial score (nSPS) is 9.44. The van der Waals surface area contributed by atoms with Gasteiger partial charge in [0.25, 0.3) is 5.24 Å². The van der Waals surface area contributed by atoms with Crippen LogP contribution in [0.5, 0.6) is 0 Å². The first-order chi connectivity index (χ1) is 4.27. The van der Waals surface area contributed by atoms with Gasteiger partial charge in [-0.3, -0.25) is 4.79 Å². The van der Waals surface area contributed by atoms with Crippen LogP contribution in [0.2, 0.25) is 0 Å². The van der Waals surface area contributed by atoms with Crippen LogP contribution >= 0.6 is 11.8 Å². The van der Waals surface area contributed by atoms with Crippen LogP contribution in [0.25, 0.3) is 0 Å². The molecule has 0 radical (unpaired) electrons. The molecular formula is C6H13NOS. The first-order valence-electron chi connectivity index (χ1n) is 3.19. The molecule has 0 spiro atoms. The van der Waals surface area contributed by atoms with E-state index >= 15 is 0 Å². The van der Waals surface area contributed by atoms with E-state index in [1.807, 2.05) is 0 Å². The van der Waals surface area contributed by atoms with Gasteiger partial charge in [0.05, 0.1) is 0 Å². The number of rotatable bonds is 4. The molecule has 0 aromatic rings. The monoisotopic (exact) mass is 147 g/mol. The molecule has 2 nitrogen and oxygen atoms in total. The standard InChI is InChI=1S/C6H13NOS/c1-2-3-4-5-9-6(7)8/h2-5H2,1H3,(H2,7,8). The Kier molecular flexibility index (Phi) is 5.83. The van der Waals surface area contributed by atoms with Crippen LogP contribution in [0.4, 0.5) is 4.79 Å². The van der Waals surface area contributed by atoms with E-state index in [-0.39, 0.29) is 5.24 Å². The van der Waals surface area contributed by atoms with E-state index in [4.69, 9.17) is 5.73 Å². The van der Waals surface area contributed by atoms with E-state index in [1.54, 1.807) is 0 Å². The minimum absolute atomic E-state index is 0.258. The summed E-state index contributed by atoms with van der Waals surface area (Å²) in [5, 5.41) is -0.258. The van der Waals surface area contributed by atoms with Gasteiger partial charge in [-0.1, -0.05) is 31.5 Å². The maximum atomic E-state index is 10.1. The second-order valence-electron chi connectivity index (χ2n) is 1.87. The molecule has 0 aromatic carbocycles. The van der Waals surface area contributed by atoms with Gasteiger partial charge in [0.2, 0.25) is 0 Å². The molecule has 0 aromatic heterocycles. The lowest BCUT2D eigenvalue weighted by atomic mass is 10.3. The number of amides is 1. The SMILES string of the molecule is CCCCCSC(N)=O. The lowest BCUT2D eigenvalue weighted by molar-refractivity contribution is 0.267. The summed E-state index contributed by atoms with van der Waals surface area (Å²) in [5.41, 5.74) is 4.90. The number of carbonyl (C=O) groups excluding carboxylic acids is 1. The highest BCUT2D eigenvalue weighted by molar-refractivity contribution is 8.13. The lowest BCUT2D eigenvalue weighted by Gasteiger charge is -1.93. The van der Waals surface area contributed by atoms with Crippen molar-refractivity contribution in [3.05, 3.63) is 0 Å².